The number of fused-ring (bicyclic) bond motifs is 1. The molecule has 1 N–H and O–H groups in total. The zero-order valence-corrected chi connectivity index (χ0v) is 13.9. The average Bonchev–Trinajstić information content (AvgIpc) is 2.88. The molecule has 3 rings (SSSR count). The molecule has 1 fully saturated rings. The monoisotopic (exact) mass is 324 g/mol. The Morgan fingerprint density at radius 2 is 2.05 bits per heavy atom. The zero-order chi connectivity index (χ0) is 15.0. The van der Waals surface area contributed by atoms with Gasteiger partial charge in [-0.3, -0.25) is 4.79 Å². The third kappa shape index (κ3) is 2.94. The third-order valence-corrected chi connectivity index (χ3v) is 3.86. The van der Waals surface area contributed by atoms with Crippen LogP contribution in [0.3, 0.4) is 0 Å². The van der Waals surface area contributed by atoms with Gasteiger partial charge in [-0.15, -0.1) is 12.4 Å². The van der Waals surface area contributed by atoms with E-state index in [4.69, 9.17) is 4.52 Å². The Morgan fingerprint density at radius 3 is 2.68 bits per heavy atom. The average molecular weight is 325 g/mol. The van der Waals surface area contributed by atoms with Crippen molar-refractivity contribution in [1.82, 2.24) is 20.4 Å². The van der Waals surface area contributed by atoms with E-state index in [1.54, 1.807) is 0 Å². The van der Waals surface area contributed by atoms with Gasteiger partial charge in [0.15, 0.2) is 0 Å². The van der Waals surface area contributed by atoms with Crippen LogP contribution in [0.15, 0.2) is 10.6 Å². The first-order valence-corrected chi connectivity index (χ1v) is 7.35. The maximum absolute atomic E-state index is 12.8. The van der Waals surface area contributed by atoms with Gasteiger partial charge >= 0.3 is 0 Å². The predicted octanol–water partition coefficient (Wildman–Crippen LogP) is 2.12. The van der Waals surface area contributed by atoms with Gasteiger partial charge in [0.2, 0.25) is 0 Å². The number of nitrogens with zero attached hydrogens (tertiary/aromatic N) is 3. The fourth-order valence-electron chi connectivity index (χ4n) is 2.62. The van der Waals surface area contributed by atoms with E-state index in [1.807, 2.05) is 17.9 Å². The van der Waals surface area contributed by atoms with Crippen molar-refractivity contribution in [2.45, 2.75) is 26.7 Å². The number of amides is 1. The van der Waals surface area contributed by atoms with E-state index in [0.717, 1.165) is 37.3 Å². The molecule has 1 aliphatic rings. The molecule has 2 aromatic rings. The highest BCUT2D eigenvalue weighted by molar-refractivity contribution is 6.06. The number of carbonyl (C=O) groups is 1. The molecular formula is C15H21ClN4O2. The minimum absolute atomic E-state index is 0. The van der Waals surface area contributed by atoms with Gasteiger partial charge in [0.05, 0.1) is 16.6 Å². The molecule has 0 spiro atoms. The van der Waals surface area contributed by atoms with Crippen molar-refractivity contribution in [3.8, 4) is 0 Å². The van der Waals surface area contributed by atoms with Crippen molar-refractivity contribution < 1.29 is 9.32 Å². The molecule has 0 aliphatic carbocycles. The van der Waals surface area contributed by atoms with Crippen molar-refractivity contribution in [2.24, 2.45) is 0 Å². The van der Waals surface area contributed by atoms with Crippen molar-refractivity contribution in [3.05, 3.63) is 23.0 Å². The van der Waals surface area contributed by atoms with Gasteiger partial charge in [-0.25, -0.2) is 4.98 Å². The number of hydrogen-bond donors (Lipinski definition) is 1. The molecule has 0 aromatic carbocycles. The predicted molar refractivity (Wildman–Crippen MR) is 86.7 cm³/mol. The molecule has 1 aliphatic heterocycles. The molecular weight excluding hydrogens is 304 g/mol. The highest BCUT2D eigenvalue weighted by Crippen LogP contribution is 2.26. The van der Waals surface area contributed by atoms with Crippen LogP contribution in [-0.4, -0.2) is 47.1 Å². The molecule has 0 saturated carbocycles. The number of hydrogen-bond acceptors (Lipinski definition) is 5. The summed E-state index contributed by atoms with van der Waals surface area (Å²) in [5.74, 6) is 0.270. The van der Waals surface area contributed by atoms with Gasteiger partial charge < -0.3 is 14.7 Å². The van der Waals surface area contributed by atoms with E-state index in [1.165, 1.54) is 0 Å². The van der Waals surface area contributed by atoms with Crippen LogP contribution >= 0.6 is 12.4 Å². The van der Waals surface area contributed by atoms with Crippen LogP contribution in [0.5, 0.6) is 0 Å². The molecule has 120 valence electrons. The fourth-order valence-corrected chi connectivity index (χ4v) is 2.62. The van der Waals surface area contributed by atoms with Gasteiger partial charge in [0.25, 0.3) is 11.6 Å². The van der Waals surface area contributed by atoms with Gasteiger partial charge in [-0.1, -0.05) is 19.0 Å². The summed E-state index contributed by atoms with van der Waals surface area (Å²) < 4.78 is 5.27. The molecule has 7 heteroatoms. The number of carbonyl (C=O) groups excluding carboxylic acids is 1. The van der Waals surface area contributed by atoms with Crippen molar-refractivity contribution in [1.29, 1.82) is 0 Å². The van der Waals surface area contributed by atoms with Crippen LogP contribution in [0.4, 0.5) is 0 Å². The SMILES string of the molecule is Cc1noc2nc(C(C)C)cc(C(=O)N3CCNCC3)c12.Cl. The lowest BCUT2D eigenvalue weighted by Gasteiger charge is -2.27. The summed E-state index contributed by atoms with van der Waals surface area (Å²) >= 11 is 0. The number of halogens is 1. The van der Waals surface area contributed by atoms with Gasteiger partial charge in [-0.05, 0) is 18.9 Å². The summed E-state index contributed by atoms with van der Waals surface area (Å²) in [7, 11) is 0. The summed E-state index contributed by atoms with van der Waals surface area (Å²) in [5.41, 5.74) is 2.69. The lowest BCUT2D eigenvalue weighted by atomic mass is 10.0. The van der Waals surface area contributed by atoms with Crippen LogP contribution < -0.4 is 5.32 Å². The van der Waals surface area contributed by atoms with Crippen molar-refractivity contribution in [2.75, 3.05) is 26.2 Å². The lowest BCUT2D eigenvalue weighted by molar-refractivity contribution is 0.0737. The van der Waals surface area contributed by atoms with Crippen LogP contribution in [-0.2, 0) is 0 Å². The Labute approximate surface area is 135 Å². The highest BCUT2D eigenvalue weighted by atomic mass is 35.5. The smallest absolute Gasteiger partial charge is 0.259 e. The number of aryl methyl sites for hydroxylation is 1. The Morgan fingerprint density at radius 1 is 1.36 bits per heavy atom. The summed E-state index contributed by atoms with van der Waals surface area (Å²) in [5, 5.41) is 7.96. The quantitative estimate of drug-likeness (QED) is 0.916. The van der Waals surface area contributed by atoms with E-state index in [2.05, 4.69) is 29.3 Å². The number of aromatic nitrogens is 2. The largest absolute Gasteiger partial charge is 0.336 e. The van der Waals surface area contributed by atoms with Crippen molar-refractivity contribution >= 4 is 29.4 Å². The van der Waals surface area contributed by atoms with Crippen LogP contribution in [0, 0.1) is 6.92 Å². The summed E-state index contributed by atoms with van der Waals surface area (Å²) in [6.07, 6.45) is 0. The number of nitrogens with one attached hydrogen (secondary N) is 1. The number of piperazine rings is 1. The van der Waals surface area contributed by atoms with Gasteiger partial charge in [0.1, 0.15) is 0 Å². The topological polar surface area (TPSA) is 71.3 Å². The Bertz CT molecular complexity index is 677. The van der Waals surface area contributed by atoms with E-state index < -0.39 is 0 Å². The lowest BCUT2D eigenvalue weighted by Crippen LogP contribution is -2.46. The van der Waals surface area contributed by atoms with Crippen LogP contribution in [0.2, 0.25) is 0 Å². The zero-order valence-electron chi connectivity index (χ0n) is 13.0. The third-order valence-electron chi connectivity index (χ3n) is 3.86. The van der Waals surface area contributed by atoms with Gasteiger partial charge in [-0.2, -0.15) is 0 Å². The Balaban J connectivity index is 0.00000176. The second-order valence-corrected chi connectivity index (χ2v) is 5.74. The maximum Gasteiger partial charge on any atom is 0.259 e. The molecule has 3 heterocycles. The molecule has 6 nitrogen and oxygen atoms in total. The minimum Gasteiger partial charge on any atom is -0.336 e. The Hall–Kier alpha value is -1.66. The molecule has 22 heavy (non-hydrogen) atoms. The standard InChI is InChI=1S/C15H20N4O2.ClH/c1-9(2)12-8-11(13-10(3)18-21-14(13)17-12)15(20)19-6-4-16-5-7-19;/h8-9,16H,4-7H2,1-3H3;1H. The summed E-state index contributed by atoms with van der Waals surface area (Å²) in [6, 6.07) is 1.89. The first-order chi connectivity index (χ1) is 10.1. The molecule has 1 amide bonds. The Kier molecular flexibility index (Phi) is 5.03. The van der Waals surface area contributed by atoms with Crippen LogP contribution in [0.1, 0.15) is 41.5 Å². The van der Waals surface area contributed by atoms with Crippen molar-refractivity contribution in [3.63, 3.8) is 0 Å². The second kappa shape index (κ2) is 6.62. The molecule has 0 unspecified atom stereocenters. The fraction of sp³-hybridized carbons (Fsp3) is 0.533. The van der Waals surface area contributed by atoms with Crippen LogP contribution in [0.25, 0.3) is 11.1 Å². The first kappa shape index (κ1) is 16.7. The number of rotatable bonds is 2. The maximum atomic E-state index is 12.8. The molecule has 1 saturated heterocycles. The molecule has 2 aromatic heterocycles. The summed E-state index contributed by atoms with van der Waals surface area (Å²) in [6.45, 7) is 9.07. The highest BCUT2D eigenvalue weighted by Gasteiger charge is 2.24. The molecule has 0 bridgehead atoms. The summed E-state index contributed by atoms with van der Waals surface area (Å²) in [4.78, 5) is 19.2. The minimum atomic E-state index is 0. The van der Waals surface area contributed by atoms with E-state index in [9.17, 15) is 4.79 Å². The molecule has 0 radical (unpaired) electrons. The van der Waals surface area contributed by atoms with E-state index in [-0.39, 0.29) is 24.2 Å². The van der Waals surface area contributed by atoms with E-state index >= 15 is 0 Å². The molecule has 0 atom stereocenters. The van der Waals surface area contributed by atoms with E-state index in [0.29, 0.717) is 17.0 Å². The van der Waals surface area contributed by atoms with Gasteiger partial charge in [0, 0.05) is 31.9 Å². The second-order valence-electron chi connectivity index (χ2n) is 5.74. The normalized spacial score (nSPS) is 15.2. The number of pyridine rings is 1. The first-order valence-electron chi connectivity index (χ1n) is 7.35.